The van der Waals surface area contributed by atoms with Crippen LogP contribution in [0, 0.1) is 0 Å². The molecule has 0 radical (unpaired) electrons. The second-order valence-corrected chi connectivity index (χ2v) is 5.47. The van der Waals surface area contributed by atoms with E-state index < -0.39 is 0 Å². The van der Waals surface area contributed by atoms with Crippen molar-refractivity contribution < 1.29 is 14.4 Å². The molecule has 23 heavy (non-hydrogen) atoms. The van der Waals surface area contributed by atoms with Crippen molar-refractivity contribution >= 4 is 23.3 Å². The second-order valence-electron chi connectivity index (χ2n) is 5.47. The molecule has 122 valence electrons. The number of allylic oxidation sites excluding steroid dienone is 2. The lowest BCUT2D eigenvalue weighted by Gasteiger charge is -2.09. The van der Waals surface area contributed by atoms with Crippen molar-refractivity contribution in [3.63, 3.8) is 0 Å². The fraction of sp³-hybridized carbons (Fsp3) is 0.353. The van der Waals surface area contributed by atoms with Gasteiger partial charge < -0.3 is 16.0 Å². The van der Waals surface area contributed by atoms with Crippen LogP contribution in [0.5, 0.6) is 0 Å². The highest BCUT2D eigenvalue weighted by atomic mass is 16.2. The zero-order valence-electron chi connectivity index (χ0n) is 13.4. The molecule has 3 N–H and O–H groups in total. The van der Waals surface area contributed by atoms with Crippen LogP contribution >= 0.6 is 0 Å². The summed E-state index contributed by atoms with van der Waals surface area (Å²) in [5.41, 5.74) is 3.13. The number of carbonyl (C=O) groups excluding carboxylic acids is 3. The number of carbonyl (C=O) groups is 3. The van der Waals surface area contributed by atoms with E-state index in [-0.39, 0.29) is 17.6 Å². The van der Waals surface area contributed by atoms with E-state index in [4.69, 9.17) is 0 Å². The Hall–Kier alpha value is -2.63. The summed E-state index contributed by atoms with van der Waals surface area (Å²) >= 11 is 0. The highest BCUT2D eigenvalue weighted by Crippen LogP contribution is 2.24. The summed E-state index contributed by atoms with van der Waals surface area (Å²) in [6, 6.07) is 7.07. The van der Waals surface area contributed by atoms with E-state index in [9.17, 15) is 14.4 Å². The van der Waals surface area contributed by atoms with Crippen LogP contribution in [0.25, 0.3) is 0 Å². The third-order valence-corrected chi connectivity index (χ3v) is 3.70. The first kappa shape index (κ1) is 16.7. The van der Waals surface area contributed by atoms with Crippen molar-refractivity contribution in [2.75, 3.05) is 18.4 Å². The summed E-state index contributed by atoms with van der Waals surface area (Å²) in [5, 5.41) is 8.58. The molecule has 0 atom stereocenters. The lowest BCUT2D eigenvalue weighted by Crippen LogP contribution is -2.33. The van der Waals surface area contributed by atoms with Gasteiger partial charge in [-0.15, -0.1) is 0 Å². The van der Waals surface area contributed by atoms with Crippen LogP contribution in [-0.4, -0.2) is 30.7 Å². The van der Waals surface area contributed by atoms with Crippen molar-refractivity contribution in [1.82, 2.24) is 10.6 Å². The number of ketones is 1. The fourth-order valence-corrected chi connectivity index (χ4v) is 2.33. The van der Waals surface area contributed by atoms with Crippen LogP contribution in [0.2, 0.25) is 0 Å². The molecular formula is C17H21N3O3. The van der Waals surface area contributed by atoms with Crippen molar-refractivity contribution in [1.29, 1.82) is 0 Å². The largest absolute Gasteiger partial charge is 0.359 e. The molecule has 0 bridgehead atoms. The van der Waals surface area contributed by atoms with Crippen LogP contribution in [-0.2, 0) is 9.59 Å². The molecule has 0 saturated heterocycles. The minimum atomic E-state index is -0.187. The van der Waals surface area contributed by atoms with Gasteiger partial charge in [0.25, 0.3) is 5.91 Å². The standard InChI is InChI=1S/C17H21N3O3/c1-11-15(7-8-16(11)22)20-14-5-3-13(4-6-14)17(23)19-10-9-18-12(2)21/h3-6,20H,7-10H2,1-2H3,(H,18,21)(H,19,23). The summed E-state index contributed by atoms with van der Waals surface area (Å²) in [5.74, 6) is -0.124. The predicted molar refractivity (Wildman–Crippen MR) is 88.0 cm³/mol. The zero-order valence-corrected chi connectivity index (χ0v) is 13.4. The number of benzene rings is 1. The normalized spacial score (nSPS) is 13.9. The van der Waals surface area contributed by atoms with Crippen molar-refractivity contribution in [3.8, 4) is 0 Å². The van der Waals surface area contributed by atoms with E-state index >= 15 is 0 Å². The molecule has 1 aliphatic rings. The maximum atomic E-state index is 11.9. The third kappa shape index (κ3) is 4.67. The molecule has 0 aliphatic heterocycles. The van der Waals surface area contributed by atoms with Gasteiger partial charge in [-0.25, -0.2) is 0 Å². The smallest absolute Gasteiger partial charge is 0.251 e. The first-order chi connectivity index (χ1) is 11.0. The Labute approximate surface area is 135 Å². The lowest BCUT2D eigenvalue weighted by atomic mass is 10.2. The molecule has 2 amide bonds. The van der Waals surface area contributed by atoms with E-state index in [1.54, 1.807) is 12.1 Å². The monoisotopic (exact) mass is 315 g/mol. The molecule has 0 heterocycles. The Morgan fingerprint density at radius 2 is 1.70 bits per heavy atom. The minimum absolute atomic E-state index is 0.121. The van der Waals surface area contributed by atoms with E-state index in [1.807, 2.05) is 19.1 Å². The average molecular weight is 315 g/mol. The highest BCUT2D eigenvalue weighted by molar-refractivity contribution is 5.99. The Balaban J connectivity index is 1.88. The van der Waals surface area contributed by atoms with Gasteiger partial charge in [0.1, 0.15) is 0 Å². The Bertz CT molecular complexity index is 648. The quantitative estimate of drug-likeness (QED) is 0.696. The first-order valence-corrected chi connectivity index (χ1v) is 7.60. The van der Waals surface area contributed by atoms with E-state index in [2.05, 4.69) is 16.0 Å². The molecule has 1 aliphatic carbocycles. The number of rotatable bonds is 6. The van der Waals surface area contributed by atoms with E-state index in [0.717, 1.165) is 23.4 Å². The number of hydrogen-bond acceptors (Lipinski definition) is 4. The summed E-state index contributed by atoms with van der Waals surface area (Å²) < 4.78 is 0. The first-order valence-electron chi connectivity index (χ1n) is 7.60. The van der Waals surface area contributed by atoms with Gasteiger partial charge in [0.2, 0.25) is 5.91 Å². The van der Waals surface area contributed by atoms with Gasteiger partial charge in [0, 0.05) is 49.0 Å². The third-order valence-electron chi connectivity index (χ3n) is 3.70. The number of nitrogens with one attached hydrogen (secondary N) is 3. The van der Waals surface area contributed by atoms with Crippen LogP contribution in [0.3, 0.4) is 0 Å². The maximum Gasteiger partial charge on any atom is 0.251 e. The second kappa shape index (κ2) is 7.58. The molecule has 0 saturated carbocycles. The van der Waals surface area contributed by atoms with Gasteiger partial charge >= 0.3 is 0 Å². The fourth-order valence-electron chi connectivity index (χ4n) is 2.33. The van der Waals surface area contributed by atoms with Gasteiger partial charge in [0.15, 0.2) is 5.78 Å². The summed E-state index contributed by atoms with van der Waals surface area (Å²) in [6.07, 6.45) is 1.29. The Kier molecular flexibility index (Phi) is 5.51. The van der Waals surface area contributed by atoms with Crippen molar-refractivity contribution in [3.05, 3.63) is 41.1 Å². The topological polar surface area (TPSA) is 87.3 Å². The Morgan fingerprint density at radius 1 is 1.04 bits per heavy atom. The molecule has 0 spiro atoms. The summed E-state index contributed by atoms with van der Waals surface area (Å²) in [4.78, 5) is 34.2. The minimum Gasteiger partial charge on any atom is -0.359 e. The van der Waals surface area contributed by atoms with Crippen LogP contribution in [0.4, 0.5) is 5.69 Å². The molecule has 1 aromatic carbocycles. The number of Topliss-reactive ketones (excluding diaryl/α,β-unsaturated/α-hetero) is 1. The SMILES string of the molecule is CC(=O)NCCNC(=O)c1ccc(NC2=C(C)C(=O)CC2)cc1. The number of amides is 2. The van der Waals surface area contributed by atoms with E-state index in [1.165, 1.54) is 6.92 Å². The maximum absolute atomic E-state index is 11.9. The molecule has 6 heteroatoms. The van der Waals surface area contributed by atoms with Crippen LogP contribution < -0.4 is 16.0 Å². The van der Waals surface area contributed by atoms with Crippen LogP contribution in [0.1, 0.15) is 37.0 Å². The highest BCUT2D eigenvalue weighted by Gasteiger charge is 2.19. The van der Waals surface area contributed by atoms with Crippen LogP contribution in [0.15, 0.2) is 35.5 Å². The molecule has 2 rings (SSSR count). The number of anilines is 1. The molecule has 0 aromatic heterocycles. The molecular weight excluding hydrogens is 294 g/mol. The lowest BCUT2D eigenvalue weighted by molar-refractivity contribution is -0.119. The molecule has 0 fully saturated rings. The summed E-state index contributed by atoms with van der Waals surface area (Å²) in [7, 11) is 0. The zero-order chi connectivity index (χ0) is 16.8. The molecule has 0 unspecified atom stereocenters. The van der Waals surface area contributed by atoms with Gasteiger partial charge in [-0.05, 0) is 37.6 Å². The van der Waals surface area contributed by atoms with Crippen molar-refractivity contribution in [2.45, 2.75) is 26.7 Å². The van der Waals surface area contributed by atoms with Crippen molar-refractivity contribution in [2.24, 2.45) is 0 Å². The Morgan fingerprint density at radius 3 is 2.26 bits per heavy atom. The van der Waals surface area contributed by atoms with Gasteiger partial charge in [-0.3, -0.25) is 14.4 Å². The summed E-state index contributed by atoms with van der Waals surface area (Å²) in [6.45, 7) is 4.05. The van der Waals surface area contributed by atoms with Gasteiger partial charge in [0.05, 0.1) is 0 Å². The van der Waals surface area contributed by atoms with E-state index in [0.29, 0.717) is 25.1 Å². The average Bonchev–Trinajstić information content (AvgIpc) is 2.84. The van der Waals surface area contributed by atoms with Gasteiger partial charge in [-0.2, -0.15) is 0 Å². The number of hydrogen-bond donors (Lipinski definition) is 3. The van der Waals surface area contributed by atoms with Gasteiger partial charge in [-0.1, -0.05) is 0 Å². The predicted octanol–water partition coefficient (Wildman–Crippen LogP) is 1.60. The molecule has 6 nitrogen and oxygen atoms in total. The molecule has 1 aromatic rings.